The first kappa shape index (κ1) is 24.7. The average Bonchev–Trinajstić information content (AvgIpc) is 2.75. The number of benzene rings is 1. The van der Waals surface area contributed by atoms with E-state index in [-0.39, 0.29) is 12.3 Å². The number of carbonyl (C=O) groups excluding carboxylic acids is 4. The molecule has 0 heterocycles. The van der Waals surface area contributed by atoms with Crippen molar-refractivity contribution >= 4 is 23.4 Å². The van der Waals surface area contributed by atoms with Crippen molar-refractivity contribution in [3.63, 3.8) is 0 Å². The number of nitrogens with one attached hydrogen (secondary N) is 2. The lowest BCUT2D eigenvalue weighted by Crippen LogP contribution is -2.52. The van der Waals surface area contributed by atoms with Gasteiger partial charge in [0.1, 0.15) is 6.10 Å². The van der Waals surface area contributed by atoms with Gasteiger partial charge in [-0.15, -0.1) is 0 Å². The van der Waals surface area contributed by atoms with E-state index in [9.17, 15) is 19.2 Å². The minimum absolute atomic E-state index is 0.0109. The van der Waals surface area contributed by atoms with Gasteiger partial charge in [-0.25, -0.2) is 0 Å². The Kier molecular flexibility index (Phi) is 10.4. The first-order valence-corrected chi connectivity index (χ1v) is 11.2. The van der Waals surface area contributed by atoms with Crippen LogP contribution in [0.3, 0.4) is 0 Å². The summed E-state index contributed by atoms with van der Waals surface area (Å²) in [6.45, 7) is 3.62. The summed E-state index contributed by atoms with van der Waals surface area (Å²) in [6.07, 6.45) is 4.92. The van der Waals surface area contributed by atoms with Crippen molar-refractivity contribution in [1.82, 2.24) is 10.6 Å². The minimum Gasteiger partial charge on any atom is -0.461 e. The Morgan fingerprint density at radius 2 is 1.90 bits per heavy atom. The zero-order valence-corrected chi connectivity index (χ0v) is 18.5. The fraction of sp³-hybridized carbons (Fsp3) is 0.583. The van der Waals surface area contributed by atoms with Crippen LogP contribution < -0.4 is 10.6 Å². The fourth-order valence-electron chi connectivity index (χ4n) is 3.80. The van der Waals surface area contributed by atoms with Gasteiger partial charge >= 0.3 is 5.97 Å². The molecule has 0 radical (unpaired) electrons. The van der Waals surface area contributed by atoms with Crippen LogP contribution in [0.25, 0.3) is 0 Å². The van der Waals surface area contributed by atoms with E-state index < -0.39 is 35.8 Å². The highest BCUT2D eigenvalue weighted by molar-refractivity contribution is 6.38. The van der Waals surface area contributed by atoms with Crippen LogP contribution in [0.1, 0.15) is 64.4 Å². The Morgan fingerprint density at radius 3 is 2.55 bits per heavy atom. The maximum Gasteiger partial charge on any atom is 0.302 e. The molecule has 170 valence electrons. The smallest absolute Gasteiger partial charge is 0.302 e. The van der Waals surface area contributed by atoms with Crippen LogP contribution in [0.4, 0.5) is 0 Å². The predicted molar refractivity (Wildman–Crippen MR) is 117 cm³/mol. The van der Waals surface area contributed by atoms with E-state index >= 15 is 0 Å². The Morgan fingerprint density at radius 1 is 1.16 bits per heavy atom. The molecule has 1 aromatic rings. The van der Waals surface area contributed by atoms with Gasteiger partial charge in [0, 0.05) is 26.3 Å². The summed E-state index contributed by atoms with van der Waals surface area (Å²) in [6, 6.07) is 8.39. The number of hydrogen-bond acceptors (Lipinski definition) is 6. The van der Waals surface area contributed by atoms with Crippen molar-refractivity contribution in [1.29, 1.82) is 0 Å². The maximum absolute atomic E-state index is 12.8. The largest absolute Gasteiger partial charge is 0.461 e. The lowest BCUT2D eigenvalue weighted by molar-refractivity contribution is -0.146. The van der Waals surface area contributed by atoms with E-state index in [1.807, 2.05) is 37.3 Å². The van der Waals surface area contributed by atoms with Crippen molar-refractivity contribution in [3.8, 4) is 0 Å². The molecule has 0 spiro atoms. The molecule has 0 aromatic heterocycles. The second-order valence-corrected chi connectivity index (χ2v) is 8.13. The summed E-state index contributed by atoms with van der Waals surface area (Å²) in [5, 5.41) is 5.76. The molecule has 2 N–H and O–H groups in total. The van der Waals surface area contributed by atoms with E-state index in [1.165, 1.54) is 6.92 Å². The van der Waals surface area contributed by atoms with Crippen LogP contribution >= 0.6 is 0 Å². The maximum atomic E-state index is 12.8. The number of hydrogen-bond donors (Lipinski definition) is 2. The highest BCUT2D eigenvalue weighted by Gasteiger charge is 2.30. The number of amides is 1. The molecule has 1 aliphatic carbocycles. The molecular formula is C24H34N2O5. The van der Waals surface area contributed by atoms with Crippen LogP contribution in [0.2, 0.25) is 0 Å². The second kappa shape index (κ2) is 13.0. The molecule has 0 saturated heterocycles. The lowest BCUT2D eigenvalue weighted by atomic mass is 9.93. The molecule has 1 aromatic carbocycles. The van der Waals surface area contributed by atoms with Crippen LogP contribution in [0.5, 0.6) is 0 Å². The highest BCUT2D eigenvalue weighted by Crippen LogP contribution is 2.15. The van der Waals surface area contributed by atoms with Gasteiger partial charge in [0.25, 0.3) is 5.91 Å². The van der Waals surface area contributed by atoms with Crippen molar-refractivity contribution in [2.24, 2.45) is 0 Å². The van der Waals surface area contributed by atoms with Gasteiger partial charge in [0.2, 0.25) is 5.78 Å². The molecule has 7 heteroatoms. The number of carbonyl (C=O) groups is 4. The molecule has 1 amide bonds. The summed E-state index contributed by atoms with van der Waals surface area (Å²) >= 11 is 0. The topological polar surface area (TPSA) is 102 Å². The van der Waals surface area contributed by atoms with E-state index in [1.54, 1.807) is 0 Å². The van der Waals surface area contributed by atoms with Gasteiger partial charge in [0.05, 0.1) is 12.1 Å². The SMILES string of the molecule is CCCC[C@H](NC[C@H](Cc1ccccc1)OC(C)=O)C(=O)C(=O)N[C@H]1CCCCC1=O. The third-order valence-electron chi connectivity index (χ3n) is 5.48. The fourth-order valence-corrected chi connectivity index (χ4v) is 3.80. The molecule has 7 nitrogen and oxygen atoms in total. The molecule has 1 aliphatic rings. The van der Waals surface area contributed by atoms with Gasteiger partial charge in [-0.05, 0) is 24.8 Å². The van der Waals surface area contributed by atoms with Gasteiger partial charge in [-0.3, -0.25) is 19.2 Å². The minimum atomic E-state index is -0.721. The van der Waals surface area contributed by atoms with E-state index in [2.05, 4.69) is 10.6 Å². The molecule has 3 atom stereocenters. The summed E-state index contributed by atoms with van der Waals surface area (Å²) in [5.41, 5.74) is 1.01. The van der Waals surface area contributed by atoms with E-state index in [0.717, 1.165) is 31.2 Å². The van der Waals surface area contributed by atoms with Crippen LogP contribution in [0.15, 0.2) is 30.3 Å². The number of ketones is 2. The molecular weight excluding hydrogens is 396 g/mol. The van der Waals surface area contributed by atoms with Crippen molar-refractivity contribution < 1.29 is 23.9 Å². The number of ether oxygens (including phenoxy) is 1. The first-order valence-electron chi connectivity index (χ1n) is 11.2. The molecule has 1 saturated carbocycles. The predicted octanol–water partition coefficient (Wildman–Crippen LogP) is 2.51. The van der Waals surface area contributed by atoms with Gasteiger partial charge in [0.15, 0.2) is 5.78 Å². The summed E-state index contributed by atoms with van der Waals surface area (Å²) < 4.78 is 5.43. The van der Waals surface area contributed by atoms with E-state index in [0.29, 0.717) is 25.7 Å². The molecule has 0 unspecified atom stereocenters. The third-order valence-corrected chi connectivity index (χ3v) is 5.48. The molecule has 1 fully saturated rings. The van der Waals surface area contributed by atoms with Gasteiger partial charge in [-0.2, -0.15) is 0 Å². The van der Waals surface area contributed by atoms with Crippen molar-refractivity contribution in [3.05, 3.63) is 35.9 Å². The zero-order chi connectivity index (χ0) is 22.6. The second-order valence-electron chi connectivity index (χ2n) is 8.13. The Balaban J connectivity index is 1.99. The van der Waals surface area contributed by atoms with Crippen molar-refractivity contribution in [2.75, 3.05) is 6.54 Å². The van der Waals surface area contributed by atoms with Gasteiger partial charge < -0.3 is 15.4 Å². The zero-order valence-electron chi connectivity index (χ0n) is 18.5. The van der Waals surface area contributed by atoms with E-state index in [4.69, 9.17) is 4.74 Å². The lowest BCUT2D eigenvalue weighted by Gasteiger charge is -2.24. The molecule has 0 bridgehead atoms. The summed E-state index contributed by atoms with van der Waals surface area (Å²) in [7, 11) is 0. The van der Waals surface area contributed by atoms with Crippen LogP contribution in [-0.2, 0) is 30.3 Å². The standard InChI is InChI=1S/C24H34N2O5/c1-3-4-12-21(23(29)24(30)26-20-13-8-9-14-22(20)28)25-16-19(31-17(2)27)15-18-10-6-5-7-11-18/h5-7,10-11,19-21,25H,3-4,8-9,12-16H2,1-2H3,(H,26,30)/t19-,20-,21-/m0/s1. The molecule has 0 aliphatic heterocycles. The van der Waals surface area contributed by atoms with Crippen molar-refractivity contribution in [2.45, 2.75) is 83.4 Å². The Bertz CT molecular complexity index is 750. The first-order chi connectivity index (χ1) is 14.9. The number of Topliss-reactive ketones (excluding diaryl/α,β-unsaturated/α-hetero) is 2. The third kappa shape index (κ3) is 8.61. The average molecular weight is 431 g/mol. The number of rotatable bonds is 12. The Labute approximate surface area is 184 Å². The normalized spacial score (nSPS) is 18.1. The highest BCUT2D eigenvalue weighted by atomic mass is 16.5. The monoisotopic (exact) mass is 430 g/mol. The molecule has 31 heavy (non-hydrogen) atoms. The van der Waals surface area contributed by atoms with Crippen LogP contribution in [0, 0.1) is 0 Å². The molecule has 2 rings (SSSR count). The quantitative estimate of drug-likeness (QED) is 0.390. The summed E-state index contributed by atoms with van der Waals surface area (Å²) in [4.78, 5) is 48.9. The number of unbranched alkanes of at least 4 members (excludes halogenated alkanes) is 1. The summed E-state index contributed by atoms with van der Waals surface area (Å²) in [5.74, 6) is -1.70. The van der Waals surface area contributed by atoms with Crippen LogP contribution in [-0.4, -0.2) is 48.2 Å². The number of esters is 1. The Hall–Kier alpha value is -2.54. The van der Waals surface area contributed by atoms with Gasteiger partial charge in [-0.1, -0.05) is 56.5 Å².